The molecule has 0 aliphatic rings. The first kappa shape index (κ1) is 14.8. The number of anilines is 1. The van der Waals surface area contributed by atoms with Crippen LogP contribution >= 0.6 is 11.8 Å². The standard InChI is InChI=1S/C13H19ClN2O2/c1-4-16(5-2)10(3)18-13(17)11-6-8-12(15-14)9-7-11/h6-10,15H,4-5H2,1-3H3. The zero-order valence-electron chi connectivity index (χ0n) is 10.9. The van der Waals surface area contributed by atoms with Crippen molar-refractivity contribution in [2.45, 2.75) is 27.0 Å². The highest BCUT2D eigenvalue weighted by Gasteiger charge is 2.16. The van der Waals surface area contributed by atoms with E-state index < -0.39 is 0 Å². The number of carbonyl (C=O) groups is 1. The van der Waals surface area contributed by atoms with Crippen molar-refractivity contribution in [3.8, 4) is 0 Å². The third-order valence-electron chi connectivity index (χ3n) is 2.83. The van der Waals surface area contributed by atoms with E-state index in [2.05, 4.69) is 9.74 Å². The molecule has 100 valence electrons. The molecular formula is C13H19ClN2O2. The first-order chi connectivity index (χ1) is 8.62. The quantitative estimate of drug-likeness (QED) is 0.490. The Morgan fingerprint density at radius 2 is 1.89 bits per heavy atom. The zero-order valence-corrected chi connectivity index (χ0v) is 11.7. The third-order valence-corrected chi connectivity index (χ3v) is 3.05. The van der Waals surface area contributed by atoms with Crippen LogP contribution in [0.15, 0.2) is 24.3 Å². The van der Waals surface area contributed by atoms with Gasteiger partial charge < -0.3 is 4.74 Å². The number of ether oxygens (including phenoxy) is 1. The number of benzene rings is 1. The maximum absolute atomic E-state index is 11.9. The number of nitrogens with one attached hydrogen (secondary N) is 1. The minimum Gasteiger partial charge on any atom is -0.443 e. The molecule has 0 fully saturated rings. The van der Waals surface area contributed by atoms with Crippen LogP contribution in [0.3, 0.4) is 0 Å². The molecule has 0 saturated carbocycles. The molecule has 0 saturated heterocycles. The Kier molecular flexibility index (Phi) is 5.95. The van der Waals surface area contributed by atoms with Crippen molar-refractivity contribution in [3.05, 3.63) is 29.8 Å². The van der Waals surface area contributed by atoms with Crippen molar-refractivity contribution in [3.63, 3.8) is 0 Å². The van der Waals surface area contributed by atoms with Gasteiger partial charge in [0.05, 0.1) is 5.56 Å². The lowest BCUT2D eigenvalue weighted by Crippen LogP contribution is -2.36. The van der Waals surface area contributed by atoms with Gasteiger partial charge in [-0.15, -0.1) is 0 Å². The molecule has 0 heterocycles. The van der Waals surface area contributed by atoms with Crippen molar-refractivity contribution in [2.75, 3.05) is 17.9 Å². The SMILES string of the molecule is CCN(CC)C(C)OC(=O)c1ccc(NCl)cc1. The largest absolute Gasteiger partial charge is 0.443 e. The van der Waals surface area contributed by atoms with Gasteiger partial charge in [0.25, 0.3) is 0 Å². The van der Waals surface area contributed by atoms with Gasteiger partial charge in [-0.2, -0.15) is 0 Å². The third kappa shape index (κ3) is 3.89. The molecule has 0 radical (unpaired) electrons. The molecule has 1 N–H and O–H groups in total. The minimum absolute atomic E-state index is 0.224. The highest BCUT2D eigenvalue weighted by atomic mass is 35.5. The average molecular weight is 271 g/mol. The summed E-state index contributed by atoms with van der Waals surface area (Å²) in [6.45, 7) is 7.64. The Morgan fingerprint density at radius 1 is 1.33 bits per heavy atom. The number of nitrogens with zero attached hydrogens (tertiary/aromatic N) is 1. The molecule has 0 bridgehead atoms. The fourth-order valence-corrected chi connectivity index (χ4v) is 1.83. The van der Waals surface area contributed by atoms with Crippen LogP contribution in [0.1, 0.15) is 31.1 Å². The summed E-state index contributed by atoms with van der Waals surface area (Å²) in [6, 6.07) is 6.82. The van der Waals surface area contributed by atoms with Gasteiger partial charge in [0.15, 0.2) is 6.23 Å². The number of esters is 1. The van der Waals surface area contributed by atoms with Crippen LogP contribution in [0.5, 0.6) is 0 Å². The monoisotopic (exact) mass is 270 g/mol. The Hall–Kier alpha value is -1.26. The van der Waals surface area contributed by atoms with E-state index >= 15 is 0 Å². The van der Waals surface area contributed by atoms with Crippen LogP contribution in [0.4, 0.5) is 5.69 Å². The molecule has 0 spiro atoms. The zero-order chi connectivity index (χ0) is 13.5. The fourth-order valence-electron chi connectivity index (χ4n) is 1.70. The molecule has 4 nitrogen and oxygen atoms in total. The van der Waals surface area contributed by atoms with E-state index in [0.717, 1.165) is 18.8 Å². The van der Waals surface area contributed by atoms with Crippen molar-refractivity contribution in [1.29, 1.82) is 0 Å². The molecule has 1 atom stereocenters. The molecule has 18 heavy (non-hydrogen) atoms. The molecule has 1 rings (SSSR count). The predicted octanol–water partition coefficient (Wildman–Crippen LogP) is 3.10. The van der Waals surface area contributed by atoms with Gasteiger partial charge in [-0.25, -0.2) is 4.79 Å². The summed E-state index contributed by atoms with van der Waals surface area (Å²) >= 11 is 5.45. The van der Waals surface area contributed by atoms with Crippen molar-refractivity contribution >= 4 is 23.4 Å². The van der Waals surface area contributed by atoms with E-state index in [1.54, 1.807) is 24.3 Å². The first-order valence-corrected chi connectivity index (χ1v) is 6.41. The van der Waals surface area contributed by atoms with E-state index in [0.29, 0.717) is 5.56 Å². The molecule has 1 unspecified atom stereocenters. The van der Waals surface area contributed by atoms with Gasteiger partial charge in [-0.3, -0.25) is 9.74 Å². The van der Waals surface area contributed by atoms with Crippen LogP contribution in [0.25, 0.3) is 0 Å². The molecular weight excluding hydrogens is 252 g/mol. The second kappa shape index (κ2) is 7.24. The van der Waals surface area contributed by atoms with Crippen molar-refractivity contribution < 1.29 is 9.53 Å². The van der Waals surface area contributed by atoms with Gasteiger partial charge in [-0.05, 0) is 44.3 Å². The average Bonchev–Trinajstić information content (AvgIpc) is 2.40. The van der Waals surface area contributed by atoms with E-state index in [1.165, 1.54) is 0 Å². The summed E-state index contributed by atoms with van der Waals surface area (Å²) in [5.41, 5.74) is 1.26. The van der Waals surface area contributed by atoms with Crippen LogP contribution in [0, 0.1) is 0 Å². The summed E-state index contributed by atoms with van der Waals surface area (Å²) in [4.78, 5) is 16.4. The lowest BCUT2D eigenvalue weighted by Gasteiger charge is -2.25. The molecule has 5 heteroatoms. The molecule has 1 aromatic rings. The second-order valence-corrected chi connectivity index (χ2v) is 4.09. The molecule has 0 aliphatic heterocycles. The lowest BCUT2D eigenvalue weighted by atomic mass is 10.2. The maximum atomic E-state index is 11.9. The maximum Gasteiger partial charge on any atom is 0.339 e. The van der Waals surface area contributed by atoms with Crippen LogP contribution in [0.2, 0.25) is 0 Å². The van der Waals surface area contributed by atoms with Crippen molar-refractivity contribution in [2.24, 2.45) is 0 Å². The number of halogens is 1. The summed E-state index contributed by atoms with van der Waals surface area (Å²) in [7, 11) is 0. The van der Waals surface area contributed by atoms with E-state index in [9.17, 15) is 4.79 Å². The topological polar surface area (TPSA) is 41.6 Å². The first-order valence-electron chi connectivity index (χ1n) is 6.04. The molecule has 0 aliphatic carbocycles. The molecule has 0 aromatic heterocycles. The van der Waals surface area contributed by atoms with Gasteiger partial charge in [0, 0.05) is 17.5 Å². The fraction of sp³-hybridized carbons (Fsp3) is 0.462. The Labute approximate surface area is 113 Å². The number of hydrogen-bond donors (Lipinski definition) is 1. The minimum atomic E-state index is -0.324. The van der Waals surface area contributed by atoms with Crippen molar-refractivity contribution in [1.82, 2.24) is 4.90 Å². The summed E-state index contributed by atoms with van der Waals surface area (Å²) in [6.07, 6.45) is -0.224. The normalized spacial score (nSPS) is 12.3. The Balaban J connectivity index is 2.64. The van der Waals surface area contributed by atoms with Gasteiger partial charge >= 0.3 is 5.97 Å². The Morgan fingerprint density at radius 3 is 2.33 bits per heavy atom. The highest BCUT2D eigenvalue weighted by Crippen LogP contribution is 2.12. The van der Waals surface area contributed by atoms with Gasteiger partial charge in [-0.1, -0.05) is 13.8 Å². The van der Waals surface area contributed by atoms with E-state index in [4.69, 9.17) is 16.5 Å². The number of carbonyl (C=O) groups excluding carboxylic acids is 1. The van der Waals surface area contributed by atoms with E-state index in [1.807, 2.05) is 20.8 Å². The number of rotatable bonds is 6. The number of hydrogen-bond acceptors (Lipinski definition) is 4. The van der Waals surface area contributed by atoms with Gasteiger partial charge in [0.1, 0.15) is 0 Å². The van der Waals surface area contributed by atoms with Crippen LogP contribution < -0.4 is 4.84 Å². The van der Waals surface area contributed by atoms with Crippen LogP contribution in [-0.4, -0.2) is 30.2 Å². The molecule has 0 amide bonds. The summed E-state index contributed by atoms with van der Waals surface area (Å²) in [5.74, 6) is -0.324. The lowest BCUT2D eigenvalue weighted by molar-refractivity contribution is -0.0196. The Bertz CT molecular complexity index is 377. The smallest absolute Gasteiger partial charge is 0.339 e. The summed E-state index contributed by atoms with van der Waals surface area (Å²) in [5, 5.41) is 0. The molecule has 1 aromatic carbocycles. The second-order valence-electron chi connectivity index (χ2n) is 3.90. The summed E-state index contributed by atoms with van der Waals surface area (Å²) < 4.78 is 5.39. The van der Waals surface area contributed by atoms with Crippen LogP contribution in [-0.2, 0) is 4.74 Å². The highest BCUT2D eigenvalue weighted by molar-refractivity contribution is 6.23. The van der Waals surface area contributed by atoms with Gasteiger partial charge in [0.2, 0.25) is 0 Å². The van der Waals surface area contributed by atoms with E-state index in [-0.39, 0.29) is 12.2 Å². The predicted molar refractivity (Wildman–Crippen MR) is 73.7 cm³/mol.